The van der Waals surface area contributed by atoms with Gasteiger partial charge in [-0.2, -0.15) is 0 Å². The van der Waals surface area contributed by atoms with Crippen molar-refractivity contribution in [2.75, 3.05) is 12.4 Å². The second-order valence-corrected chi connectivity index (χ2v) is 5.40. The molecule has 1 aromatic carbocycles. The fourth-order valence-corrected chi connectivity index (χ4v) is 2.31. The summed E-state index contributed by atoms with van der Waals surface area (Å²) < 4.78 is 10.8. The van der Waals surface area contributed by atoms with Crippen LogP contribution in [-0.2, 0) is 6.61 Å². The molecule has 5 nitrogen and oxygen atoms in total. The molecule has 0 fully saturated rings. The average molecular weight is 345 g/mol. The maximum absolute atomic E-state index is 8.52. The summed E-state index contributed by atoms with van der Waals surface area (Å²) >= 11 is 13.1. The highest BCUT2D eigenvalue weighted by Crippen LogP contribution is 2.28. The molecule has 1 N–H and O–H groups in total. The first kappa shape index (κ1) is 16.0. The topological polar surface area (TPSA) is 68.4 Å². The summed E-state index contributed by atoms with van der Waals surface area (Å²) in [5, 5.41) is 17.5. The minimum atomic E-state index is -0.161. The summed E-state index contributed by atoms with van der Waals surface area (Å²) in [6.45, 7) is -0.0530. The molecule has 2 rings (SSSR count). The lowest BCUT2D eigenvalue weighted by Gasteiger charge is -2.05. The van der Waals surface area contributed by atoms with E-state index in [0.29, 0.717) is 32.7 Å². The van der Waals surface area contributed by atoms with Crippen LogP contribution in [0.2, 0.25) is 10.0 Å². The SMILES string of the molecule is OCC#CCSc1nnc(COc2ccc(Cl)cc2Cl)o1. The van der Waals surface area contributed by atoms with E-state index in [2.05, 4.69) is 22.0 Å². The highest BCUT2D eigenvalue weighted by atomic mass is 35.5. The predicted molar refractivity (Wildman–Crippen MR) is 80.7 cm³/mol. The van der Waals surface area contributed by atoms with Crippen molar-refractivity contribution in [2.24, 2.45) is 0 Å². The Hall–Kier alpha value is -1.39. The lowest BCUT2D eigenvalue weighted by atomic mass is 10.3. The zero-order valence-corrected chi connectivity index (χ0v) is 13.0. The van der Waals surface area contributed by atoms with E-state index in [-0.39, 0.29) is 13.2 Å². The van der Waals surface area contributed by atoms with Gasteiger partial charge in [-0.25, -0.2) is 0 Å². The molecule has 1 heterocycles. The van der Waals surface area contributed by atoms with E-state index in [1.807, 2.05) is 0 Å². The zero-order valence-electron chi connectivity index (χ0n) is 10.7. The van der Waals surface area contributed by atoms with Crippen molar-refractivity contribution in [2.45, 2.75) is 11.8 Å². The number of hydrogen-bond acceptors (Lipinski definition) is 6. The Bertz CT molecular complexity index is 667. The van der Waals surface area contributed by atoms with E-state index in [4.69, 9.17) is 37.5 Å². The number of hydrogen-bond donors (Lipinski definition) is 1. The molecule has 0 saturated heterocycles. The first-order valence-corrected chi connectivity index (χ1v) is 7.53. The smallest absolute Gasteiger partial charge is 0.277 e. The van der Waals surface area contributed by atoms with Gasteiger partial charge < -0.3 is 14.3 Å². The number of aliphatic hydroxyl groups is 1. The Morgan fingerprint density at radius 2 is 2.14 bits per heavy atom. The Morgan fingerprint density at radius 3 is 2.90 bits per heavy atom. The van der Waals surface area contributed by atoms with E-state index in [1.54, 1.807) is 18.2 Å². The first-order valence-electron chi connectivity index (χ1n) is 5.78. The quantitative estimate of drug-likeness (QED) is 0.664. The molecule has 0 aliphatic heterocycles. The normalized spacial score (nSPS) is 10.0. The molecule has 0 aliphatic carbocycles. The molecule has 8 heteroatoms. The minimum Gasteiger partial charge on any atom is -0.482 e. The fraction of sp³-hybridized carbons (Fsp3) is 0.231. The maximum atomic E-state index is 8.52. The summed E-state index contributed by atoms with van der Waals surface area (Å²) in [6.07, 6.45) is 0. The van der Waals surface area contributed by atoms with Crippen LogP contribution >= 0.6 is 35.0 Å². The van der Waals surface area contributed by atoms with Gasteiger partial charge in [0.25, 0.3) is 11.1 Å². The van der Waals surface area contributed by atoms with Gasteiger partial charge in [0.05, 0.1) is 10.8 Å². The van der Waals surface area contributed by atoms with Crippen LogP contribution in [0.25, 0.3) is 0 Å². The van der Waals surface area contributed by atoms with Crippen LogP contribution < -0.4 is 4.74 Å². The lowest BCUT2D eigenvalue weighted by Crippen LogP contribution is -1.96. The van der Waals surface area contributed by atoms with Crippen LogP contribution in [0.5, 0.6) is 5.75 Å². The number of nitrogens with zero attached hydrogens (tertiary/aromatic N) is 2. The Morgan fingerprint density at radius 1 is 1.29 bits per heavy atom. The molecule has 0 spiro atoms. The van der Waals surface area contributed by atoms with Crippen LogP contribution in [-0.4, -0.2) is 27.7 Å². The van der Waals surface area contributed by atoms with E-state index < -0.39 is 0 Å². The molecule has 1 aromatic heterocycles. The molecule has 0 aliphatic rings. The third kappa shape index (κ3) is 5.14. The summed E-state index contributed by atoms with van der Waals surface area (Å²) in [4.78, 5) is 0. The van der Waals surface area contributed by atoms with Crippen molar-refractivity contribution in [3.63, 3.8) is 0 Å². The highest BCUT2D eigenvalue weighted by molar-refractivity contribution is 7.99. The first-order chi connectivity index (χ1) is 10.2. The number of thioether (sulfide) groups is 1. The molecular weight excluding hydrogens is 335 g/mol. The van der Waals surface area contributed by atoms with Crippen LogP contribution in [0.4, 0.5) is 0 Å². The van der Waals surface area contributed by atoms with Crippen molar-refractivity contribution in [1.82, 2.24) is 10.2 Å². The van der Waals surface area contributed by atoms with Crippen molar-refractivity contribution in [3.05, 3.63) is 34.1 Å². The Balaban J connectivity index is 1.87. The zero-order chi connectivity index (χ0) is 15.1. The summed E-state index contributed by atoms with van der Waals surface area (Å²) in [5.74, 6) is 6.55. The molecule has 0 amide bonds. The largest absolute Gasteiger partial charge is 0.482 e. The van der Waals surface area contributed by atoms with Gasteiger partial charge in [0.2, 0.25) is 0 Å². The van der Waals surface area contributed by atoms with Gasteiger partial charge in [0, 0.05) is 5.02 Å². The molecule has 110 valence electrons. The van der Waals surface area contributed by atoms with Crippen molar-refractivity contribution < 1.29 is 14.3 Å². The molecule has 0 unspecified atom stereocenters. The lowest BCUT2D eigenvalue weighted by molar-refractivity contribution is 0.252. The van der Waals surface area contributed by atoms with Crippen LogP contribution in [0.15, 0.2) is 27.8 Å². The standard InChI is InChI=1S/C13H10Cl2N2O3S/c14-9-3-4-11(10(15)7-9)19-8-12-16-17-13(20-12)21-6-2-1-5-18/h3-4,7,18H,5-6,8H2. The van der Waals surface area contributed by atoms with E-state index in [1.165, 1.54) is 11.8 Å². The Labute approximate surface area is 135 Å². The molecule has 0 saturated carbocycles. The summed E-state index contributed by atoms with van der Waals surface area (Å²) in [7, 11) is 0. The molecular formula is C13H10Cl2N2O3S. The third-order valence-corrected chi connectivity index (χ3v) is 3.40. The van der Waals surface area contributed by atoms with E-state index >= 15 is 0 Å². The molecule has 0 bridgehead atoms. The fourth-order valence-electron chi connectivity index (χ4n) is 1.29. The number of benzene rings is 1. The van der Waals surface area contributed by atoms with Crippen molar-refractivity contribution >= 4 is 35.0 Å². The van der Waals surface area contributed by atoms with Crippen LogP contribution in [0.3, 0.4) is 0 Å². The Kier molecular flexibility index (Phi) is 6.21. The third-order valence-electron chi connectivity index (χ3n) is 2.17. The number of rotatable bonds is 5. The van der Waals surface area contributed by atoms with Gasteiger partial charge in [0.15, 0.2) is 6.61 Å². The van der Waals surface area contributed by atoms with Crippen LogP contribution in [0.1, 0.15) is 5.89 Å². The van der Waals surface area contributed by atoms with Crippen molar-refractivity contribution in [3.8, 4) is 17.6 Å². The molecule has 21 heavy (non-hydrogen) atoms. The van der Waals surface area contributed by atoms with Crippen molar-refractivity contribution in [1.29, 1.82) is 0 Å². The number of ether oxygens (including phenoxy) is 1. The summed E-state index contributed by atoms with van der Waals surface area (Å²) in [5.41, 5.74) is 0. The van der Waals surface area contributed by atoms with E-state index in [0.717, 1.165) is 0 Å². The van der Waals surface area contributed by atoms with Gasteiger partial charge in [-0.15, -0.1) is 10.2 Å². The number of aliphatic hydroxyl groups excluding tert-OH is 1. The minimum absolute atomic E-state index is 0.108. The van der Waals surface area contributed by atoms with Gasteiger partial charge in [-0.3, -0.25) is 0 Å². The summed E-state index contributed by atoms with van der Waals surface area (Å²) in [6, 6.07) is 4.94. The second-order valence-electron chi connectivity index (χ2n) is 3.63. The van der Waals surface area contributed by atoms with Gasteiger partial charge >= 0.3 is 0 Å². The molecule has 0 radical (unpaired) electrons. The highest BCUT2D eigenvalue weighted by Gasteiger charge is 2.08. The number of halogens is 2. The second kappa shape index (κ2) is 8.15. The van der Waals surface area contributed by atoms with Gasteiger partial charge in [0.1, 0.15) is 12.4 Å². The van der Waals surface area contributed by atoms with Gasteiger partial charge in [-0.1, -0.05) is 46.8 Å². The predicted octanol–water partition coefficient (Wildman–Crippen LogP) is 3.04. The molecule has 0 atom stereocenters. The van der Waals surface area contributed by atoms with Crippen LogP contribution in [0, 0.1) is 11.8 Å². The number of aromatic nitrogens is 2. The maximum Gasteiger partial charge on any atom is 0.277 e. The monoisotopic (exact) mass is 344 g/mol. The molecule has 2 aromatic rings. The average Bonchev–Trinajstić information content (AvgIpc) is 2.91. The van der Waals surface area contributed by atoms with Gasteiger partial charge in [-0.05, 0) is 18.2 Å². The van der Waals surface area contributed by atoms with E-state index in [9.17, 15) is 0 Å².